The molecule has 0 saturated carbocycles. The Kier molecular flexibility index (Phi) is 7.89. The summed E-state index contributed by atoms with van der Waals surface area (Å²) in [5.74, 6) is 1.45. The number of β-amino-alcohol motifs (C(OH)–C–C–N with tert-alkyl or cyclic N) is 1. The van der Waals surface area contributed by atoms with Gasteiger partial charge in [0.25, 0.3) is 0 Å². The minimum absolute atomic E-state index is 0.155. The van der Waals surface area contributed by atoms with Gasteiger partial charge in [0, 0.05) is 53.4 Å². The molecule has 2 bridgehead atoms. The Labute approximate surface area is 201 Å². The maximum Gasteiger partial charge on any atom is 0.242 e. The van der Waals surface area contributed by atoms with Crippen LogP contribution in [0.4, 0.5) is 4.39 Å². The summed E-state index contributed by atoms with van der Waals surface area (Å²) in [6.45, 7) is 5.48. The van der Waals surface area contributed by atoms with Crippen molar-refractivity contribution < 1.29 is 22.7 Å². The highest BCUT2D eigenvalue weighted by Crippen LogP contribution is 2.29. The van der Waals surface area contributed by atoms with E-state index in [1.165, 1.54) is 49.1 Å². The molecule has 2 aliphatic rings. The normalized spacial score (nSPS) is 22.6. The van der Waals surface area contributed by atoms with Crippen LogP contribution < -0.4 is 4.74 Å². The second-order valence-electron chi connectivity index (χ2n) is 9.73. The highest BCUT2D eigenvalue weighted by molar-refractivity contribution is 7.89. The molecule has 3 atom stereocenters. The summed E-state index contributed by atoms with van der Waals surface area (Å²) >= 11 is 0. The molecule has 2 fully saturated rings. The zero-order valence-corrected chi connectivity index (χ0v) is 20.6. The molecular weight excluding hydrogens is 457 g/mol. The molecule has 7 nitrogen and oxygen atoms in total. The number of piperidine rings is 2. The highest BCUT2D eigenvalue weighted by atomic mass is 32.2. The van der Waals surface area contributed by atoms with Crippen molar-refractivity contribution in [3.63, 3.8) is 0 Å². The van der Waals surface area contributed by atoms with Crippen molar-refractivity contribution in [3.05, 3.63) is 59.9 Å². The van der Waals surface area contributed by atoms with Crippen LogP contribution in [0, 0.1) is 17.7 Å². The Morgan fingerprint density at radius 3 is 2.18 bits per heavy atom. The molecule has 9 heteroatoms. The van der Waals surface area contributed by atoms with Gasteiger partial charge < -0.3 is 9.84 Å². The lowest BCUT2D eigenvalue weighted by molar-refractivity contribution is -0.00200. The van der Waals surface area contributed by atoms with E-state index < -0.39 is 16.1 Å². The fourth-order valence-corrected chi connectivity index (χ4v) is 5.98. The fourth-order valence-electron chi connectivity index (χ4n) is 5.08. The molecule has 4 rings (SSSR count). The van der Waals surface area contributed by atoms with Crippen LogP contribution in [-0.4, -0.2) is 87.2 Å². The molecule has 0 radical (unpaired) electrons. The average Bonchev–Trinajstić information content (AvgIpc) is 2.79. The van der Waals surface area contributed by atoms with E-state index in [1.54, 1.807) is 12.1 Å². The maximum absolute atomic E-state index is 13.2. The molecule has 0 spiro atoms. The number of aliphatic hydroxyl groups is 1. The topological polar surface area (TPSA) is 73.3 Å². The van der Waals surface area contributed by atoms with E-state index in [9.17, 15) is 17.9 Å². The van der Waals surface area contributed by atoms with E-state index in [-0.39, 0.29) is 17.3 Å². The van der Waals surface area contributed by atoms with E-state index in [0.717, 1.165) is 38.3 Å². The van der Waals surface area contributed by atoms with Crippen LogP contribution in [0.1, 0.15) is 12.0 Å². The summed E-state index contributed by atoms with van der Waals surface area (Å²) in [4.78, 5) is 5.00. The van der Waals surface area contributed by atoms with Gasteiger partial charge in [0.05, 0.1) is 4.90 Å². The van der Waals surface area contributed by atoms with Gasteiger partial charge in [-0.25, -0.2) is 17.1 Å². The molecule has 0 aromatic heterocycles. The first-order valence-electron chi connectivity index (χ1n) is 11.7. The average molecular weight is 492 g/mol. The molecule has 0 aliphatic carbocycles. The summed E-state index contributed by atoms with van der Waals surface area (Å²) in [6.07, 6.45) is 0.588. The van der Waals surface area contributed by atoms with Crippen molar-refractivity contribution >= 4 is 10.0 Å². The summed E-state index contributed by atoms with van der Waals surface area (Å²) in [5.41, 5.74) is 1.14. The Morgan fingerprint density at radius 2 is 1.59 bits per heavy atom. The van der Waals surface area contributed by atoms with Gasteiger partial charge in [-0.3, -0.25) is 9.80 Å². The number of halogens is 1. The van der Waals surface area contributed by atoms with Crippen LogP contribution in [0.25, 0.3) is 0 Å². The number of rotatable bonds is 9. The third kappa shape index (κ3) is 6.34. The van der Waals surface area contributed by atoms with E-state index >= 15 is 0 Å². The Hall–Kier alpha value is -2.04. The quantitative estimate of drug-likeness (QED) is 0.580. The van der Waals surface area contributed by atoms with Crippen molar-refractivity contribution in [2.24, 2.45) is 11.8 Å². The van der Waals surface area contributed by atoms with Crippen molar-refractivity contribution in [1.82, 2.24) is 14.1 Å². The van der Waals surface area contributed by atoms with Gasteiger partial charge in [0.15, 0.2) is 0 Å². The third-order valence-electron chi connectivity index (χ3n) is 6.57. The van der Waals surface area contributed by atoms with Gasteiger partial charge in [0.1, 0.15) is 24.3 Å². The number of hydrogen-bond acceptors (Lipinski definition) is 6. The smallest absolute Gasteiger partial charge is 0.242 e. The van der Waals surface area contributed by atoms with Crippen LogP contribution >= 0.6 is 0 Å². The summed E-state index contributed by atoms with van der Waals surface area (Å²) in [5, 5.41) is 10.5. The molecular formula is C25H34FN3O4S. The SMILES string of the molecule is CN(C)S(=O)(=O)c1ccc(OCC(O)CN2CC3CC(CN(Cc4ccc(F)cc4)C3)C2)cc1. The first-order valence-corrected chi connectivity index (χ1v) is 13.2. The first-order chi connectivity index (χ1) is 16.2. The van der Waals surface area contributed by atoms with Crippen LogP contribution in [0.15, 0.2) is 53.4 Å². The number of aliphatic hydroxyl groups excluding tert-OH is 1. The summed E-state index contributed by atoms with van der Waals surface area (Å²) < 4.78 is 44.4. The summed E-state index contributed by atoms with van der Waals surface area (Å²) in [7, 11) is -0.484. The minimum Gasteiger partial charge on any atom is -0.491 e. The van der Waals surface area contributed by atoms with Crippen LogP contribution in [0.3, 0.4) is 0 Å². The molecule has 34 heavy (non-hydrogen) atoms. The second kappa shape index (κ2) is 10.7. The van der Waals surface area contributed by atoms with E-state index in [0.29, 0.717) is 24.1 Å². The van der Waals surface area contributed by atoms with Gasteiger partial charge in [-0.1, -0.05) is 12.1 Å². The lowest BCUT2D eigenvalue weighted by Gasteiger charge is -2.46. The fraction of sp³-hybridized carbons (Fsp3) is 0.520. The number of nitrogens with zero attached hydrogens (tertiary/aromatic N) is 3. The van der Waals surface area contributed by atoms with Crippen molar-refractivity contribution in [1.29, 1.82) is 0 Å². The van der Waals surface area contributed by atoms with Crippen LogP contribution in [0.5, 0.6) is 5.75 Å². The molecule has 2 aromatic carbocycles. The largest absolute Gasteiger partial charge is 0.491 e. The number of ether oxygens (including phenoxy) is 1. The van der Waals surface area contributed by atoms with Crippen LogP contribution in [0.2, 0.25) is 0 Å². The number of sulfonamides is 1. The van der Waals surface area contributed by atoms with E-state index in [2.05, 4.69) is 9.80 Å². The number of benzene rings is 2. The molecule has 186 valence electrons. The molecule has 2 aliphatic heterocycles. The molecule has 2 aromatic rings. The zero-order chi connectivity index (χ0) is 24.3. The van der Waals surface area contributed by atoms with Gasteiger partial charge in [0.2, 0.25) is 10.0 Å². The molecule has 1 N–H and O–H groups in total. The second-order valence-corrected chi connectivity index (χ2v) is 11.9. The van der Waals surface area contributed by atoms with Gasteiger partial charge in [-0.15, -0.1) is 0 Å². The maximum atomic E-state index is 13.2. The van der Waals surface area contributed by atoms with Gasteiger partial charge in [-0.2, -0.15) is 0 Å². The predicted octanol–water partition coefficient (Wildman–Crippen LogP) is 2.27. The number of hydrogen-bond donors (Lipinski definition) is 1. The minimum atomic E-state index is -3.47. The Bertz CT molecular complexity index is 1030. The zero-order valence-electron chi connectivity index (χ0n) is 19.8. The Morgan fingerprint density at radius 1 is 1.00 bits per heavy atom. The Balaban J connectivity index is 1.23. The monoisotopic (exact) mass is 491 g/mol. The molecule has 3 unspecified atom stereocenters. The van der Waals surface area contributed by atoms with E-state index in [1.807, 2.05) is 12.1 Å². The van der Waals surface area contributed by atoms with Crippen molar-refractivity contribution in [2.75, 3.05) is 53.4 Å². The lowest BCUT2D eigenvalue weighted by Crippen LogP contribution is -2.53. The van der Waals surface area contributed by atoms with Gasteiger partial charge >= 0.3 is 0 Å². The highest BCUT2D eigenvalue weighted by Gasteiger charge is 2.34. The van der Waals surface area contributed by atoms with Gasteiger partial charge in [-0.05, 0) is 60.2 Å². The predicted molar refractivity (Wildman–Crippen MR) is 129 cm³/mol. The standard InChI is InChI=1S/C25H34FN3O4S/c1-27(2)34(31,32)25-9-7-24(8-10-25)33-18-23(30)17-29-15-20-11-21(16-29)14-28(13-20)12-19-3-5-22(26)6-4-19/h3-10,20-21,23,30H,11-18H2,1-2H3. The number of fused-ring (bicyclic) bond motifs is 2. The third-order valence-corrected chi connectivity index (χ3v) is 8.39. The molecule has 2 heterocycles. The van der Waals surface area contributed by atoms with Crippen LogP contribution in [-0.2, 0) is 16.6 Å². The summed E-state index contributed by atoms with van der Waals surface area (Å²) in [6, 6.07) is 13.0. The van der Waals surface area contributed by atoms with Crippen molar-refractivity contribution in [3.8, 4) is 5.75 Å². The molecule has 2 saturated heterocycles. The number of likely N-dealkylation sites (tertiary alicyclic amines) is 2. The van der Waals surface area contributed by atoms with Crippen molar-refractivity contribution in [2.45, 2.75) is 24.0 Å². The first kappa shape index (κ1) is 25.1. The van der Waals surface area contributed by atoms with E-state index in [4.69, 9.17) is 4.74 Å². The molecule has 0 amide bonds. The lowest BCUT2D eigenvalue weighted by atomic mass is 9.84.